The van der Waals surface area contributed by atoms with E-state index in [0.29, 0.717) is 0 Å². The Balaban J connectivity index is 1.59. The summed E-state index contributed by atoms with van der Waals surface area (Å²) in [4.78, 5) is 6.33. The minimum Gasteiger partial charge on any atom is -0.497 e. The van der Waals surface area contributed by atoms with Crippen LogP contribution in [0.15, 0.2) is 36.4 Å². The molecule has 2 heterocycles. The van der Waals surface area contributed by atoms with Crippen molar-refractivity contribution >= 4 is 28.6 Å². The monoisotopic (exact) mass is 336 g/mol. The van der Waals surface area contributed by atoms with Crippen LogP contribution in [0.1, 0.15) is 11.3 Å². The van der Waals surface area contributed by atoms with Crippen LogP contribution < -0.4 is 9.64 Å². The van der Waals surface area contributed by atoms with Crippen LogP contribution in [-0.4, -0.2) is 38.2 Å². The molecule has 118 valence electrons. The van der Waals surface area contributed by atoms with Crippen molar-refractivity contribution < 1.29 is 4.74 Å². The topological polar surface area (TPSA) is 15.7 Å². The van der Waals surface area contributed by atoms with Crippen LogP contribution in [0.25, 0.3) is 0 Å². The molecule has 0 saturated carbocycles. The zero-order chi connectivity index (χ0) is 15.4. The molecule has 1 fully saturated rings. The van der Waals surface area contributed by atoms with E-state index in [4.69, 9.17) is 16.3 Å². The number of hydrogen-bond donors (Lipinski definition) is 0. The number of rotatable bonds is 4. The SMILES string of the molecule is COc1ccc(N2CCCN(Cc3ccc(Cl)s3)CC2)cc1. The van der Waals surface area contributed by atoms with Gasteiger partial charge >= 0.3 is 0 Å². The van der Waals surface area contributed by atoms with E-state index in [2.05, 4.69) is 28.0 Å². The third-order valence-electron chi connectivity index (χ3n) is 4.03. The molecule has 0 amide bonds. The highest BCUT2D eigenvalue weighted by atomic mass is 35.5. The van der Waals surface area contributed by atoms with Gasteiger partial charge in [0.2, 0.25) is 0 Å². The number of thiophene rings is 1. The molecule has 1 aliphatic rings. The molecule has 0 radical (unpaired) electrons. The minimum atomic E-state index is 0.879. The van der Waals surface area contributed by atoms with Crippen LogP contribution in [0.2, 0.25) is 4.34 Å². The van der Waals surface area contributed by atoms with Crippen LogP contribution in [0, 0.1) is 0 Å². The van der Waals surface area contributed by atoms with E-state index in [1.807, 2.05) is 18.2 Å². The zero-order valence-electron chi connectivity index (χ0n) is 12.8. The normalized spacial score (nSPS) is 16.5. The molecule has 0 unspecified atom stereocenters. The van der Waals surface area contributed by atoms with Crippen molar-refractivity contribution in [2.45, 2.75) is 13.0 Å². The largest absolute Gasteiger partial charge is 0.497 e. The summed E-state index contributed by atoms with van der Waals surface area (Å²) >= 11 is 7.71. The maximum Gasteiger partial charge on any atom is 0.119 e. The standard InChI is InChI=1S/C17H21ClN2OS/c1-21-15-5-3-14(4-6-15)20-10-2-9-19(11-12-20)13-16-7-8-17(18)22-16/h3-8H,2,9-13H2,1H3. The van der Waals surface area contributed by atoms with Gasteiger partial charge in [-0.25, -0.2) is 0 Å². The van der Waals surface area contributed by atoms with E-state index in [9.17, 15) is 0 Å². The summed E-state index contributed by atoms with van der Waals surface area (Å²) < 4.78 is 6.11. The predicted octanol–water partition coefficient (Wildman–Crippen LogP) is 4.12. The second-order valence-electron chi connectivity index (χ2n) is 5.52. The molecule has 0 atom stereocenters. The number of anilines is 1. The number of benzene rings is 1. The molecule has 0 spiro atoms. The first-order valence-corrected chi connectivity index (χ1v) is 8.79. The van der Waals surface area contributed by atoms with E-state index in [0.717, 1.165) is 42.8 Å². The Bertz CT molecular complexity index is 599. The first-order valence-electron chi connectivity index (χ1n) is 7.60. The van der Waals surface area contributed by atoms with E-state index in [1.54, 1.807) is 18.4 Å². The molecule has 0 N–H and O–H groups in total. The van der Waals surface area contributed by atoms with Crippen molar-refractivity contribution in [2.75, 3.05) is 38.2 Å². The summed E-state index contributed by atoms with van der Waals surface area (Å²) in [7, 11) is 1.70. The fourth-order valence-corrected chi connectivity index (χ4v) is 3.97. The minimum absolute atomic E-state index is 0.879. The van der Waals surface area contributed by atoms with Gasteiger partial charge in [0.05, 0.1) is 11.4 Å². The number of ether oxygens (including phenoxy) is 1. The first-order chi connectivity index (χ1) is 10.7. The van der Waals surface area contributed by atoms with Gasteiger partial charge in [-0.05, 0) is 42.8 Å². The predicted molar refractivity (Wildman–Crippen MR) is 94.4 cm³/mol. The quantitative estimate of drug-likeness (QED) is 0.835. The van der Waals surface area contributed by atoms with Crippen molar-refractivity contribution in [1.29, 1.82) is 0 Å². The average Bonchev–Trinajstić information content (AvgIpc) is 2.81. The van der Waals surface area contributed by atoms with Crippen molar-refractivity contribution in [3.8, 4) is 5.75 Å². The molecule has 5 heteroatoms. The molecule has 1 saturated heterocycles. The van der Waals surface area contributed by atoms with Gasteiger partial charge in [-0.15, -0.1) is 11.3 Å². The van der Waals surface area contributed by atoms with E-state index < -0.39 is 0 Å². The Morgan fingerprint density at radius 3 is 2.55 bits per heavy atom. The molecule has 0 aliphatic carbocycles. The van der Waals surface area contributed by atoms with Crippen molar-refractivity contribution in [3.63, 3.8) is 0 Å². The third kappa shape index (κ3) is 3.94. The molecule has 3 nitrogen and oxygen atoms in total. The molecule has 2 aromatic rings. The Hall–Kier alpha value is -1.23. The van der Waals surface area contributed by atoms with Crippen LogP contribution in [0.5, 0.6) is 5.75 Å². The molecular weight excluding hydrogens is 316 g/mol. The Kier molecular flexibility index (Phi) is 5.24. The summed E-state index contributed by atoms with van der Waals surface area (Å²) in [5.41, 5.74) is 1.28. The lowest BCUT2D eigenvalue weighted by molar-refractivity contribution is 0.288. The smallest absolute Gasteiger partial charge is 0.119 e. The Morgan fingerprint density at radius 1 is 1.05 bits per heavy atom. The van der Waals surface area contributed by atoms with Crippen LogP contribution >= 0.6 is 22.9 Å². The summed E-state index contributed by atoms with van der Waals surface area (Å²) in [6.45, 7) is 5.40. The van der Waals surface area contributed by atoms with Crippen molar-refractivity contribution in [2.24, 2.45) is 0 Å². The molecule has 1 aromatic carbocycles. The molecule has 1 aromatic heterocycles. The van der Waals surface area contributed by atoms with Gasteiger partial charge in [0, 0.05) is 43.3 Å². The number of halogens is 1. The average molecular weight is 337 g/mol. The van der Waals surface area contributed by atoms with Crippen LogP contribution in [0.4, 0.5) is 5.69 Å². The lowest BCUT2D eigenvalue weighted by atomic mass is 10.2. The molecule has 3 rings (SSSR count). The second kappa shape index (κ2) is 7.36. The van der Waals surface area contributed by atoms with E-state index in [1.165, 1.54) is 17.0 Å². The summed E-state index contributed by atoms with van der Waals surface area (Å²) in [5.74, 6) is 0.912. The lowest BCUT2D eigenvalue weighted by Crippen LogP contribution is -2.30. The summed E-state index contributed by atoms with van der Waals surface area (Å²) in [6, 6.07) is 12.5. The number of methoxy groups -OCH3 is 1. The fraction of sp³-hybridized carbons (Fsp3) is 0.412. The maximum absolute atomic E-state index is 6.02. The van der Waals surface area contributed by atoms with Crippen LogP contribution in [-0.2, 0) is 6.54 Å². The van der Waals surface area contributed by atoms with Gasteiger partial charge in [-0.3, -0.25) is 4.90 Å². The molecule has 0 bridgehead atoms. The van der Waals surface area contributed by atoms with Gasteiger partial charge in [0.25, 0.3) is 0 Å². The van der Waals surface area contributed by atoms with Crippen molar-refractivity contribution in [1.82, 2.24) is 4.90 Å². The zero-order valence-corrected chi connectivity index (χ0v) is 14.4. The van der Waals surface area contributed by atoms with Crippen molar-refractivity contribution in [3.05, 3.63) is 45.6 Å². The Morgan fingerprint density at radius 2 is 1.86 bits per heavy atom. The molecule has 1 aliphatic heterocycles. The summed E-state index contributed by atoms with van der Waals surface area (Å²) in [5, 5.41) is 0. The summed E-state index contributed by atoms with van der Waals surface area (Å²) in [6.07, 6.45) is 1.19. The highest BCUT2D eigenvalue weighted by Gasteiger charge is 2.16. The molecular formula is C17H21ClN2OS. The van der Waals surface area contributed by atoms with E-state index in [-0.39, 0.29) is 0 Å². The fourth-order valence-electron chi connectivity index (χ4n) is 2.84. The van der Waals surface area contributed by atoms with Crippen LogP contribution in [0.3, 0.4) is 0 Å². The highest BCUT2D eigenvalue weighted by molar-refractivity contribution is 7.16. The number of hydrogen-bond acceptors (Lipinski definition) is 4. The maximum atomic E-state index is 6.02. The second-order valence-corrected chi connectivity index (χ2v) is 7.32. The third-order valence-corrected chi connectivity index (χ3v) is 5.25. The molecule has 22 heavy (non-hydrogen) atoms. The van der Waals surface area contributed by atoms with Gasteiger partial charge in [-0.1, -0.05) is 11.6 Å². The van der Waals surface area contributed by atoms with Gasteiger partial charge in [0.1, 0.15) is 5.75 Å². The lowest BCUT2D eigenvalue weighted by Gasteiger charge is -2.23. The highest BCUT2D eigenvalue weighted by Crippen LogP contribution is 2.24. The Labute approximate surface area is 141 Å². The van der Waals surface area contributed by atoms with Gasteiger partial charge in [-0.2, -0.15) is 0 Å². The number of nitrogens with zero attached hydrogens (tertiary/aromatic N) is 2. The first kappa shape index (κ1) is 15.7. The van der Waals surface area contributed by atoms with Gasteiger partial charge < -0.3 is 9.64 Å². The van der Waals surface area contributed by atoms with E-state index >= 15 is 0 Å². The van der Waals surface area contributed by atoms with Gasteiger partial charge in [0.15, 0.2) is 0 Å².